The number of ketones is 1. The number of hydrogen-bond donors (Lipinski definition) is 1. The summed E-state index contributed by atoms with van der Waals surface area (Å²) in [5.74, 6) is 1.06. The third-order valence-electron chi connectivity index (χ3n) is 4.65. The highest BCUT2D eigenvalue weighted by molar-refractivity contribution is 6.31. The van der Waals surface area contributed by atoms with Crippen molar-refractivity contribution in [2.45, 2.75) is 26.5 Å². The van der Waals surface area contributed by atoms with Gasteiger partial charge in [0.1, 0.15) is 18.4 Å². The van der Waals surface area contributed by atoms with Crippen molar-refractivity contribution in [2.75, 3.05) is 5.32 Å². The fourth-order valence-electron chi connectivity index (χ4n) is 3.36. The van der Waals surface area contributed by atoms with Gasteiger partial charge >= 0.3 is 0 Å². The summed E-state index contributed by atoms with van der Waals surface area (Å²) in [7, 11) is 0. The Bertz CT molecular complexity index is 1080. The van der Waals surface area contributed by atoms with Crippen LogP contribution >= 0.6 is 11.6 Å². The molecule has 2 heterocycles. The van der Waals surface area contributed by atoms with Gasteiger partial charge in [0, 0.05) is 27.4 Å². The van der Waals surface area contributed by atoms with Crippen molar-refractivity contribution in [1.82, 2.24) is 20.2 Å². The number of rotatable bonds is 5. The molecule has 1 aromatic heterocycles. The highest BCUT2D eigenvalue weighted by Gasteiger charge is 2.34. The number of benzene rings is 2. The Morgan fingerprint density at radius 3 is 2.75 bits per heavy atom. The molecule has 0 spiro atoms. The lowest BCUT2D eigenvalue weighted by molar-refractivity contribution is -0.114. The van der Waals surface area contributed by atoms with Crippen molar-refractivity contribution in [3.8, 4) is 5.75 Å². The number of tetrazole rings is 1. The van der Waals surface area contributed by atoms with E-state index in [0.29, 0.717) is 28.9 Å². The molecule has 0 fully saturated rings. The van der Waals surface area contributed by atoms with E-state index < -0.39 is 6.04 Å². The summed E-state index contributed by atoms with van der Waals surface area (Å²) in [6.45, 7) is 3.69. The predicted molar refractivity (Wildman–Crippen MR) is 105 cm³/mol. The molecule has 8 heteroatoms. The third-order valence-corrected chi connectivity index (χ3v) is 5.02. The molecule has 142 valence electrons. The van der Waals surface area contributed by atoms with Crippen molar-refractivity contribution in [2.24, 2.45) is 0 Å². The first-order chi connectivity index (χ1) is 13.6. The molecule has 1 aliphatic rings. The van der Waals surface area contributed by atoms with Crippen LogP contribution in [0.5, 0.6) is 5.75 Å². The highest BCUT2D eigenvalue weighted by Crippen LogP contribution is 2.39. The molecule has 1 N–H and O–H groups in total. The molecule has 1 aliphatic heterocycles. The topological polar surface area (TPSA) is 81.9 Å². The van der Waals surface area contributed by atoms with Crippen molar-refractivity contribution in [1.29, 1.82) is 0 Å². The van der Waals surface area contributed by atoms with Crippen molar-refractivity contribution in [3.63, 3.8) is 0 Å². The number of nitrogens with zero attached hydrogens (tertiary/aromatic N) is 4. The molecule has 1 atom stereocenters. The molecule has 2 aromatic carbocycles. The van der Waals surface area contributed by atoms with Gasteiger partial charge in [-0.2, -0.15) is 4.68 Å². The van der Waals surface area contributed by atoms with Gasteiger partial charge in [-0.1, -0.05) is 53.1 Å². The summed E-state index contributed by atoms with van der Waals surface area (Å²) in [4.78, 5) is 12.4. The first kappa shape index (κ1) is 18.2. The molecule has 4 rings (SSSR count). The molecule has 3 aromatic rings. The number of carbonyl (C=O) groups excluding carboxylic acids is 1. The first-order valence-corrected chi connectivity index (χ1v) is 9.15. The quantitative estimate of drug-likeness (QED) is 0.707. The smallest absolute Gasteiger partial charge is 0.248 e. The molecule has 7 nitrogen and oxygen atoms in total. The fourth-order valence-corrected chi connectivity index (χ4v) is 3.56. The van der Waals surface area contributed by atoms with Crippen LogP contribution in [-0.4, -0.2) is 26.0 Å². The standard InChI is InChI=1S/C20H18ClN5O2/c1-12-18(13(2)27)19(26-20(22-12)23-24-25-26)15-8-4-6-10-17(15)28-11-14-7-3-5-9-16(14)21/h3-10,19H,11H2,1-2H3,(H,22,23,25). The minimum Gasteiger partial charge on any atom is -0.488 e. The molecule has 1 unspecified atom stereocenters. The Hall–Kier alpha value is -3.19. The van der Waals surface area contributed by atoms with E-state index in [0.717, 1.165) is 16.8 Å². The molecule has 28 heavy (non-hydrogen) atoms. The Balaban J connectivity index is 1.75. The summed E-state index contributed by atoms with van der Waals surface area (Å²) >= 11 is 6.24. The highest BCUT2D eigenvalue weighted by atomic mass is 35.5. The Kier molecular flexibility index (Phi) is 4.83. The molecule has 0 radical (unpaired) electrons. The van der Waals surface area contributed by atoms with Gasteiger partial charge in [-0.25, -0.2) is 0 Å². The van der Waals surface area contributed by atoms with Gasteiger partial charge in [0.05, 0.1) is 0 Å². The largest absolute Gasteiger partial charge is 0.488 e. The monoisotopic (exact) mass is 395 g/mol. The van der Waals surface area contributed by atoms with E-state index in [-0.39, 0.29) is 5.78 Å². The van der Waals surface area contributed by atoms with Crippen LogP contribution in [0.3, 0.4) is 0 Å². The van der Waals surface area contributed by atoms with Crippen LogP contribution in [0.25, 0.3) is 0 Å². The molecule has 0 bridgehead atoms. The van der Waals surface area contributed by atoms with Gasteiger partial charge in [-0.05, 0) is 36.4 Å². The van der Waals surface area contributed by atoms with E-state index in [4.69, 9.17) is 16.3 Å². The number of para-hydroxylation sites is 1. The molecular weight excluding hydrogens is 378 g/mol. The van der Waals surface area contributed by atoms with Crippen LogP contribution in [0.2, 0.25) is 5.02 Å². The van der Waals surface area contributed by atoms with Crippen LogP contribution < -0.4 is 10.1 Å². The number of fused-ring (bicyclic) bond motifs is 1. The van der Waals surface area contributed by atoms with Gasteiger partial charge in [0.2, 0.25) is 5.95 Å². The Labute approximate surface area is 167 Å². The van der Waals surface area contributed by atoms with Gasteiger partial charge < -0.3 is 10.1 Å². The molecule has 0 aliphatic carbocycles. The number of ether oxygens (including phenoxy) is 1. The average Bonchev–Trinajstić information content (AvgIpc) is 3.14. The minimum atomic E-state index is -0.480. The molecule has 0 saturated heterocycles. The van der Waals surface area contributed by atoms with Crippen LogP contribution in [0, 0.1) is 0 Å². The number of hydrogen-bond acceptors (Lipinski definition) is 6. The minimum absolute atomic E-state index is 0.0583. The van der Waals surface area contributed by atoms with Crippen molar-refractivity contribution >= 4 is 23.3 Å². The maximum Gasteiger partial charge on any atom is 0.248 e. The zero-order valence-electron chi connectivity index (χ0n) is 15.4. The summed E-state index contributed by atoms with van der Waals surface area (Å²) in [5.41, 5.74) is 2.99. The van der Waals surface area contributed by atoms with Crippen LogP contribution in [0.4, 0.5) is 5.95 Å². The number of allylic oxidation sites excluding steroid dienone is 2. The lowest BCUT2D eigenvalue weighted by atomic mass is 9.92. The van der Waals surface area contributed by atoms with E-state index in [1.54, 1.807) is 4.68 Å². The summed E-state index contributed by atoms with van der Waals surface area (Å²) in [6.07, 6.45) is 0. The maximum atomic E-state index is 12.4. The second kappa shape index (κ2) is 7.44. The normalized spacial score (nSPS) is 15.8. The zero-order valence-corrected chi connectivity index (χ0v) is 16.1. The number of halogens is 1. The summed E-state index contributed by atoms with van der Waals surface area (Å²) < 4.78 is 7.69. The molecule has 0 amide bonds. The number of aromatic nitrogens is 4. The average molecular weight is 396 g/mol. The summed E-state index contributed by atoms with van der Waals surface area (Å²) in [5, 5.41) is 15.6. The number of nitrogens with one attached hydrogen (secondary N) is 1. The number of carbonyl (C=O) groups is 1. The van der Waals surface area contributed by atoms with Crippen molar-refractivity contribution in [3.05, 3.63) is 76.0 Å². The Morgan fingerprint density at radius 1 is 1.21 bits per heavy atom. The first-order valence-electron chi connectivity index (χ1n) is 8.78. The maximum absolute atomic E-state index is 12.4. The van der Waals surface area contributed by atoms with E-state index in [9.17, 15) is 4.79 Å². The van der Waals surface area contributed by atoms with Crippen molar-refractivity contribution < 1.29 is 9.53 Å². The SMILES string of the molecule is CC(=O)C1=C(C)Nc2nnnn2C1c1ccccc1OCc1ccccc1Cl. The van der Waals surface area contributed by atoms with Gasteiger partial charge in [-0.15, -0.1) is 0 Å². The number of anilines is 1. The lowest BCUT2D eigenvalue weighted by Crippen LogP contribution is -2.28. The number of Topliss-reactive ketones (excluding diaryl/α,β-unsaturated/α-hetero) is 1. The predicted octanol–water partition coefficient (Wildman–Crippen LogP) is 3.78. The van der Waals surface area contributed by atoms with E-state index in [1.165, 1.54) is 6.92 Å². The fraction of sp³-hybridized carbons (Fsp3) is 0.200. The van der Waals surface area contributed by atoms with E-state index in [1.807, 2.05) is 55.5 Å². The molecule has 0 saturated carbocycles. The van der Waals surface area contributed by atoms with Crippen LogP contribution in [-0.2, 0) is 11.4 Å². The van der Waals surface area contributed by atoms with Gasteiger partial charge in [0.15, 0.2) is 5.78 Å². The van der Waals surface area contributed by atoms with Gasteiger partial charge in [0.25, 0.3) is 0 Å². The van der Waals surface area contributed by atoms with Crippen LogP contribution in [0.15, 0.2) is 59.8 Å². The lowest BCUT2D eigenvalue weighted by Gasteiger charge is -2.28. The summed E-state index contributed by atoms with van der Waals surface area (Å²) in [6, 6.07) is 14.6. The Morgan fingerprint density at radius 2 is 1.96 bits per heavy atom. The van der Waals surface area contributed by atoms with Crippen LogP contribution in [0.1, 0.15) is 31.0 Å². The second-order valence-corrected chi connectivity index (χ2v) is 6.89. The third kappa shape index (κ3) is 3.25. The van der Waals surface area contributed by atoms with Gasteiger partial charge in [-0.3, -0.25) is 4.79 Å². The zero-order chi connectivity index (χ0) is 19.7. The molecular formula is C20H18ClN5O2. The van der Waals surface area contributed by atoms with E-state index >= 15 is 0 Å². The van der Waals surface area contributed by atoms with E-state index in [2.05, 4.69) is 20.8 Å². The second-order valence-electron chi connectivity index (χ2n) is 6.49.